The number of aryl methyl sites for hydroxylation is 1. The van der Waals surface area contributed by atoms with Crippen LogP contribution >= 0.6 is 11.6 Å². The van der Waals surface area contributed by atoms with E-state index in [1.807, 2.05) is 11.8 Å². The molecule has 1 fully saturated rings. The topological polar surface area (TPSA) is 81.4 Å². The van der Waals surface area contributed by atoms with E-state index in [1.54, 1.807) is 6.92 Å². The molecular formula is C10H13ClN4O3. The lowest BCUT2D eigenvalue weighted by Crippen LogP contribution is -2.42. The number of morpholine rings is 1. The highest BCUT2D eigenvalue weighted by atomic mass is 35.5. The number of anilines is 1. The summed E-state index contributed by atoms with van der Waals surface area (Å²) in [4.78, 5) is 20.3. The van der Waals surface area contributed by atoms with E-state index in [9.17, 15) is 10.1 Å². The highest BCUT2D eigenvalue weighted by Gasteiger charge is 2.28. The predicted molar refractivity (Wildman–Crippen MR) is 66.1 cm³/mol. The predicted octanol–water partition coefficient (Wildman–Crippen LogP) is 1.57. The molecule has 8 heteroatoms. The van der Waals surface area contributed by atoms with Crippen LogP contribution in [-0.2, 0) is 4.74 Å². The molecule has 1 aliphatic rings. The van der Waals surface area contributed by atoms with Gasteiger partial charge in [-0.05, 0) is 25.4 Å². The first kappa shape index (κ1) is 13.0. The Kier molecular flexibility index (Phi) is 3.63. The van der Waals surface area contributed by atoms with Crippen LogP contribution in [0, 0.1) is 17.0 Å². The highest BCUT2D eigenvalue weighted by molar-refractivity contribution is 6.28. The Labute approximate surface area is 109 Å². The van der Waals surface area contributed by atoms with Gasteiger partial charge in [-0.15, -0.1) is 0 Å². The Bertz CT molecular complexity index is 482. The maximum Gasteiger partial charge on any atom is 0.332 e. The van der Waals surface area contributed by atoms with Crippen LogP contribution in [0.25, 0.3) is 0 Å². The van der Waals surface area contributed by atoms with Crippen molar-refractivity contribution in [2.75, 3.05) is 24.6 Å². The summed E-state index contributed by atoms with van der Waals surface area (Å²) < 4.78 is 5.40. The molecule has 1 saturated heterocycles. The van der Waals surface area contributed by atoms with Crippen molar-refractivity contribution in [2.24, 2.45) is 0 Å². The van der Waals surface area contributed by atoms with Crippen molar-refractivity contribution in [3.63, 3.8) is 0 Å². The quantitative estimate of drug-likeness (QED) is 0.462. The minimum absolute atomic E-state index is 0.00685. The van der Waals surface area contributed by atoms with Crippen molar-refractivity contribution >= 4 is 23.1 Å². The third kappa shape index (κ3) is 2.51. The van der Waals surface area contributed by atoms with Gasteiger partial charge in [-0.3, -0.25) is 10.1 Å². The average Bonchev–Trinajstić information content (AvgIpc) is 2.27. The van der Waals surface area contributed by atoms with Crippen LogP contribution in [0.3, 0.4) is 0 Å². The Hall–Kier alpha value is -1.47. The monoisotopic (exact) mass is 272 g/mol. The SMILES string of the molecule is Cc1nc(Cl)nc(N2CCOC(C)C2)c1[N+](=O)[O-]. The van der Waals surface area contributed by atoms with Gasteiger partial charge >= 0.3 is 5.69 Å². The maximum absolute atomic E-state index is 11.1. The molecule has 1 atom stereocenters. The molecule has 0 aromatic carbocycles. The first-order chi connectivity index (χ1) is 8.49. The summed E-state index contributed by atoms with van der Waals surface area (Å²) in [6, 6.07) is 0. The Morgan fingerprint density at radius 2 is 2.28 bits per heavy atom. The molecule has 1 unspecified atom stereocenters. The lowest BCUT2D eigenvalue weighted by atomic mass is 10.2. The van der Waals surface area contributed by atoms with Crippen LogP contribution in [0.4, 0.5) is 11.5 Å². The van der Waals surface area contributed by atoms with Gasteiger partial charge in [-0.25, -0.2) is 4.98 Å². The van der Waals surface area contributed by atoms with Crippen LogP contribution in [0.5, 0.6) is 0 Å². The van der Waals surface area contributed by atoms with E-state index < -0.39 is 4.92 Å². The Balaban J connectivity index is 2.44. The van der Waals surface area contributed by atoms with Crippen molar-refractivity contribution in [1.82, 2.24) is 9.97 Å². The summed E-state index contributed by atoms with van der Waals surface area (Å²) in [5.74, 6) is 0.271. The van der Waals surface area contributed by atoms with E-state index in [0.717, 1.165) is 0 Å². The lowest BCUT2D eigenvalue weighted by Gasteiger charge is -2.31. The fourth-order valence-electron chi connectivity index (χ4n) is 1.96. The zero-order chi connectivity index (χ0) is 13.3. The molecule has 18 heavy (non-hydrogen) atoms. The van der Waals surface area contributed by atoms with Crippen molar-refractivity contribution in [3.05, 3.63) is 21.1 Å². The first-order valence-corrected chi connectivity index (χ1v) is 5.92. The van der Waals surface area contributed by atoms with Gasteiger partial charge in [-0.2, -0.15) is 4.98 Å². The summed E-state index contributed by atoms with van der Waals surface area (Å²) >= 11 is 5.78. The largest absolute Gasteiger partial charge is 0.375 e. The van der Waals surface area contributed by atoms with Crippen molar-refractivity contribution < 1.29 is 9.66 Å². The second-order valence-electron chi connectivity index (χ2n) is 4.13. The number of hydrogen-bond acceptors (Lipinski definition) is 6. The number of halogens is 1. The van der Waals surface area contributed by atoms with Gasteiger partial charge in [0.15, 0.2) is 0 Å². The van der Waals surface area contributed by atoms with Gasteiger partial charge in [0.1, 0.15) is 5.69 Å². The second kappa shape index (κ2) is 5.03. The smallest absolute Gasteiger partial charge is 0.332 e. The highest BCUT2D eigenvalue weighted by Crippen LogP contribution is 2.30. The van der Waals surface area contributed by atoms with E-state index in [0.29, 0.717) is 19.7 Å². The number of ether oxygens (including phenoxy) is 1. The number of nitro groups is 1. The van der Waals surface area contributed by atoms with Crippen LogP contribution in [0.1, 0.15) is 12.6 Å². The molecular weight excluding hydrogens is 260 g/mol. The third-order valence-electron chi connectivity index (χ3n) is 2.74. The van der Waals surface area contributed by atoms with Crippen LogP contribution in [0.15, 0.2) is 0 Å². The molecule has 7 nitrogen and oxygen atoms in total. The molecule has 0 N–H and O–H groups in total. The molecule has 2 heterocycles. The first-order valence-electron chi connectivity index (χ1n) is 5.54. The lowest BCUT2D eigenvalue weighted by molar-refractivity contribution is -0.385. The Morgan fingerprint density at radius 1 is 1.56 bits per heavy atom. The molecule has 0 spiro atoms. The minimum Gasteiger partial charge on any atom is -0.375 e. The number of aromatic nitrogens is 2. The zero-order valence-electron chi connectivity index (χ0n) is 10.1. The normalized spacial score (nSPS) is 19.9. The Morgan fingerprint density at radius 3 is 2.89 bits per heavy atom. The molecule has 1 aromatic heterocycles. The van der Waals surface area contributed by atoms with E-state index >= 15 is 0 Å². The number of rotatable bonds is 2. The second-order valence-corrected chi connectivity index (χ2v) is 4.47. The standard InChI is InChI=1S/C10H13ClN4O3/c1-6-5-14(3-4-18-6)9-8(15(16)17)7(2)12-10(11)13-9/h6H,3-5H2,1-2H3. The average molecular weight is 273 g/mol. The van der Waals surface area contributed by atoms with Gasteiger partial charge in [-0.1, -0.05) is 0 Å². The molecule has 2 rings (SSSR count). The molecule has 0 saturated carbocycles. The fraction of sp³-hybridized carbons (Fsp3) is 0.600. The number of nitrogens with zero attached hydrogens (tertiary/aromatic N) is 4. The van der Waals surface area contributed by atoms with Crippen LogP contribution < -0.4 is 4.90 Å². The molecule has 98 valence electrons. The van der Waals surface area contributed by atoms with E-state index in [1.165, 1.54) is 0 Å². The maximum atomic E-state index is 11.1. The fourth-order valence-corrected chi connectivity index (χ4v) is 2.17. The summed E-state index contributed by atoms with van der Waals surface area (Å²) in [5, 5.41) is 11.1. The minimum atomic E-state index is -0.471. The van der Waals surface area contributed by atoms with Crippen molar-refractivity contribution in [3.8, 4) is 0 Å². The van der Waals surface area contributed by atoms with Crippen molar-refractivity contribution in [1.29, 1.82) is 0 Å². The van der Waals surface area contributed by atoms with Gasteiger partial charge < -0.3 is 9.64 Å². The van der Waals surface area contributed by atoms with Crippen molar-refractivity contribution in [2.45, 2.75) is 20.0 Å². The van der Waals surface area contributed by atoms with Gasteiger partial charge in [0.2, 0.25) is 11.1 Å². The van der Waals surface area contributed by atoms with E-state index in [-0.39, 0.29) is 28.6 Å². The summed E-state index contributed by atoms with van der Waals surface area (Å²) in [6.07, 6.45) is 0.00685. The molecule has 0 radical (unpaired) electrons. The molecule has 1 aromatic rings. The molecule has 0 amide bonds. The zero-order valence-corrected chi connectivity index (χ0v) is 10.8. The third-order valence-corrected chi connectivity index (χ3v) is 2.90. The molecule has 0 bridgehead atoms. The van der Waals surface area contributed by atoms with E-state index in [4.69, 9.17) is 16.3 Å². The summed E-state index contributed by atoms with van der Waals surface area (Å²) in [7, 11) is 0. The van der Waals surface area contributed by atoms with Crippen LogP contribution in [-0.4, -0.2) is 40.7 Å². The van der Waals surface area contributed by atoms with Gasteiger partial charge in [0, 0.05) is 13.1 Å². The summed E-state index contributed by atoms with van der Waals surface area (Å²) in [5.41, 5.74) is 0.183. The van der Waals surface area contributed by atoms with Gasteiger partial charge in [0.25, 0.3) is 0 Å². The van der Waals surface area contributed by atoms with Gasteiger partial charge in [0.05, 0.1) is 17.6 Å². The van der Waals surface area contributed by atoms with E-state index in [2.05, 4.69) is 9.97 Å². The number of hydrogen-bond donors (Lipinski definition) is 0. The molecule has 0 aliphatic carbocycles. The summed E-state index contributed by atoms with van der Waals surface area (Å²) in [6.45, 7) is 5.08. The molecule has 1 aliphatic heterocycles. The van der Waals surface area contributed by atoms with Crippen LogP contribution in [0.2, 0.25) is 5.28 Å².